The second kappa shape index (κ2) is 3.29. The SMILES string of the molecule is C[N+]1=CC2C=Cc3c[n+](C)cc4c3C2C(=C1)C=C4. The lowest BCUT2D eigenvalue weighted by atomic mass is 9.71. The standard InChI is InChI=1S/C16H16N2/c1-17-7-11-3-5-13-9-18(2)10-14-6-4-12(8-17)15(11)16(13)14/h3-11,15H,1-2H3/q+2. The van der Waals surface area contributed by atoms with Crippen LogP contribution >= 0.6 is 0 Å². The number of nitrogens with zero attached hydrogens (tertiary/aromatic N) is 2. The minimum Gasteiger partial charge on any atom is -0.211 e. The Hall–Kier alpha value is -1.96. The summed E-state index contributed by atoms with van der Waals surface area (Å²) in [6.45, 7) is 0. The molecule has 1 aromatic heterocycles. The van der Waals surface area contributed by atoms with Crippen molar-refractivity contribution in [2.24, 2.45) is 13.0 Å². The predicted octanol–water partition coefficient (Wildman–Crippen LogP) is 1.88. The van der Waals surface area contributed by atoms with Crippen LogP contribution in [0.2, 0.25) is 0 Å². The Balaban J connectivity index is 2.04. The summed E-state index contributed by atoms with van der Waals surface area (Å²) < 4.78 is 4.33. The zero-order valence-electron chi connectivity index (χ0n) is 10.7. The molecule has 0 saturated heterocycles. The first-order valence-corrected chi connectivity index (χ1v) is 6.40. The van der Waals surface area contributed by atoms with E-state index in [1.54, 1.807) is 0 Å². The lowest BCUT2D eigenvalue weighted by molar-refractivity contribution is -0.671. The maximum atomic E-state index is 2.33. The fourth-order valence-corrected chi connectivity index (χ4v) is 3.41. The maximum absolute atomic E-state index is 2.33. The lowest BCUT2D eigenvalue weighted by Gasteiger charge is -2.31. The van der Waals surface area contributed by atoms with Crippen molar-refractivity contribution in [3.8, 4) is 0 Å². The highest BCUT2D eigenvalue weighted by Gasteiger charge is 2.37. The third kappa shape index (κ3) is 1.23. The van der Waals surface area contributed by atoms with E-state index in [1.807, 2.05) is 0 Å². The van der Waals surface area contributed by atoms with E-state index in [9.17, 15) is 0 Å². The molecule has 3 aliphatic rings. The van der Waals surface area contributed by atoms with E-state index in [0.717, 1.165) is 0 Å². The smallest absolute Gasteiger partial charge is 0.176 e. The van der Waals surface area contributed by atoms with Gasteiger partial charge in [0.25, 0.3) is 0 Å². The molecule has 1 aliphatic heterocycles. The van der Waals surface area contributed by atoms with Gasteiger partial charge < -0.3 is 0 Å². The molecule has 0 N–H and O–H groups in total. The fourth-order valence-electron chi connectivity index (χ4n) is 3.41. The van der Waals surface area contributed by atoms with Gasteiger partial charge in [0.15, 0.2) is 24.8 Å². The normalized spacial score (nSPS) is 26.6. The Morgan fingerprint density at radius 2 is 1.78 bits per heavy atom. The molecule has 4 rings (SSSR count). The zero-order chi connectivity index (χ0) is 12.3. The summed E-state index contributed by atoms with van der Waals surface area (Å²) in [7, 11) is 4.21. The van der Waals surface area contributed by atoms with Crippen LogP contribution in [-0.2, 0) is 7.05 Å². The highest BCUT2D eigenvalue weighted by molar-refractivity contribution is 5.78. The van der Waals surface area contributed by atoms with Gasteiger partial charge in [-0.15, -0.1) is 0 Å². The van der Waals surface area contributed by atoms with E-state index >= 15 is 0 Å². The van der Waals surface area contributed by atoms with Crippen molar-refractivity contribution in [3.63, 3.8) is 0 Å². The van der Waals surface area contributed by atoms with Gasteiger partial charge in [0.05, 0.1) is 5.92 Å². The summed E-state index contributed by atoms with van der Waals surface area (Å²) in [5.74, 6) is 1.02. The van der Waals surface area contributed by atoms with E-state index in [4.69, 9.17) is 0 Å². The first-order valence-electron chi connectivity index (χ1n) is 6.40. The topological polar surface area (TPSA) is 6.89 Å². The van der Waals surface area contributed by atoms with Gasteiger partial charge in [-0.25, -0.2) is 9.14 Å². The summed E-state index contributed by atoms with van der Waals surface area (Å²) in [6.07, 6.45) is 18.1. The molecule has 2 nitrogen and oxygen atoms in total. The highest BCUT2D eigenvalue weighted by atomic mass is 14.9. The summed E-state index contributed by atoms with van der Waals surface area (Å²) in [4.78, 5) is 0. The van der Waals surface area contributed by atoms with E-state index < -0.39 is 0 Å². The minimum absolute atomic E-state index is 0.499. The van der Waals surface area contributed by atoms with Crippen LogP contribution in [0.3, 0.4) is 0 Å². The summed E-state index contributed by atoms with van der Waals surface area (Å²) >= 11 is 0. The number of aromatic nitrogens is 1. The van der Waals surface area contributed by atoms with Crippen LogP contribution in [0.4, 0.5) is 0 Å². The van der Waals surface area contributed by atoms with Gasteiger partial charge in [-0.1, -0.05) is 18.2 Å². The second-order valence-electron chi connectivity index (χ2n) is 5.44. The molecule has 88 valence electrons. The summed E-state index contributed by atoms with van der Waals surface area (Å²) in [5.41, 5.74) is 5.66. The van der Waals surface area contributed by atoms with Crippen LogP contribution in [0.15, 0.2) is 36.3 Å². The maximum Gasteiger partial charge on any atom is 0.176 e. The van der Waals surface area contributed by atoms with Gasteiger partial charge in [-0.05, 0) is 11.6 Å². The average molecular weight is 236 g/mol. The molecule has 2 heterocycles. The molecule has 0 amide bonds. The van der Waals surface area contributed by atoms with Gasteiger partial charge in [-0.2, -0.15) is 0 Å². The number of rotatable bonds is 0. The molecule has 0 bridgehead atoms. The van der Waals surface area contributed by atoms with Crippen LogP contribution < -0.4 is 4.57 Å². The Morgan fingerprint density at radius 1 is 1.00 bits per heavy atom. The highest BCUT2D eigenvalue weighted by Crippen LogP contribution is 2.44. The Bertz CT molecular complexity index is 675. The zero-order valence-corrected chi connectivity index (χ0v) is 10.7. The van der Waals surface area contributed by atoms with Crippen molar-refractivity contribution in [1.82, 2.24) is 0 Å². The quantitative estimate of drug-likeness (QED) is 0.607. The van der Waals surface area contributed by atoms with Crippen LogP contribution in [0, 0.1) is 5.92 Å². The van der Waals surface area contributed by atoms with Crippen molar-refractivity contribution >= 4 is 18.4 Å². The van der Waals surface area contributed by atoms with E-state index in [2.05, 4.69) is 72.4 Å². The van der Waals surface area contributed by atoms with E-state index in [-0.39, 0.29) is 0 Å². The van der Waals surface area contributed by atoms with Gasteiger partial charge in [0.2, 0.25) is 0 Å². The van der Waals surface area contributed by atoms with Crippen molar-refractivity contribution in [3.05, 3.63) is 53.0 Å². The monoisotopic (exact) mass is 236 g/mol. The summed E-state index contributed by atoms with van der Waals surface area (Å²) in [6, 6.07) is 0. The van der Waals surface area contributed by atoms with Crippen LogP contribution in [0.25, 0.3) is 12.2 Å². The molecule has 0 spiro atoms. The van der Waals surface area contributed by atoms with Crippen molar-refractivity contribution in [2.75, 3.05) is 7.05 Å². The van der Waals surface area contributed by atoms with E-state index in [1.165, 1.54) is 22.3 Å². The molecular weight excluding hydrogens is 220 g/mol. The predicted molar refractivity (Wildman–Crippen MR) is 72.2 cm³/mol. The fraction of sp³-hybridized carbons (Fsp3) is 0.250. The minimum atomic E-state index is 0.499. The van der Waals surface area contributed by atoms with Gasteiger partial charge in [-0.3, -0.25) is 0 Å². The number of hydrogen-bond donors (Lipinski definition) is 0. The molecular formula is C16H16N2+2. The number of allylic oxidation sites excluding steroid dienone is 3. The van der Waals surface area contributed by atoms with E-state index in [0.29, 0.717) is 11.8 Å². The molecule has 2 aliphatic carbocycles. The third-order valence-corrected chi connectivity index (χ3v) is 4.08. The van der Waals surface area contributed by atoms with Gasteiger partial charge >= 0.3 is 0 Å². The molecule has 0 saturated carbocycles. The first kappa shape index (κ1) is 10.0. The molecule has 18 heavy (non-hydrogen) atoms. The largest absolute Gasteiger partial charge is 0.211 e. The van der Waals surface area contributed by atoms with Crippen LogP contribution in [0.5, 0.6) is 0 Å². The van der Waals surface area contributed by atoms with Crippen molar-refractivity contribution in [1.29, 1.82) is 0 Å². The Morgan fingerprint density at radius 3 is 2.61 bits per heavy atom. The number of hydrogen-bond acceptors (Lipinski definition) is 0. The number of aryl methyl sites for hydroxylation is 1. The van der Waals surface area contributed by atoms with Crippen molar-refractivity contribution in [2.45, 2.75) is 5.92 Å². The van der Waals surface area contributed by atoms with Gasteiger partial charge in [0, 0.05) is 22.6 Å². The summed E-state index contributed by atoms with van der Waals surface area (Å²) in [5, 5.41) is 0. The Labute approximate surface area is 107 Å². The molecule has 1 aromatic rings. The van der Waals surface area contributed by atoms with Gasteiger partial charge in [0.1, 0.15) is 14.1 Å². The lowest BCUT2D eigenvalue weighted by Crippen LogP contribution is -2.33. The first-order chi connectivity index (χ1) is 8.72. The molecule has 0 fully saturated rings. The molecule has 0 aromatic carbocycles. The van der Waals surface area contributed by atoms with Crippen molar-refractivity contribution < 1.29 is 9.14 Å². The molecule has 2 heteroatoms. The Kier molecular flexibility index (Phi) is 1.83. The molecule has 2 atom stereocenters. The second-order valence-corrected chi connectivity index (χ2v) is 5.44. The third-order valence-electron chi connectivity index (χ3n) is 4.08. The molecule has 0 radical (unpaired) electrons. The van der Waals surface area contributed by atoms with Crippen LogP contribution in [-0.4, -0.2) is 17.8 Å². The molecule has 2 unspecified atom stereocenters. The van der Waals surface area contributed by atoms with Crippen LogP contribution in [0.1, 0.15) is 22.6 Å². The number of pyridine rings is 1. The average Bonchev–Trinajstić information content (AvgIpc) is 2.34.